The van der Waals surface area contributed by atoms with E-state index >= 15 is 0 Å². The number of rotatable bonds is 8. The van der Waals surface area contributed by atoms with Crippen molar-refractivity contribution >= 4 is 5.96 Å². The Kier molecular flexibility index (Phi) is 8.19. The van der Waals surface area contributed by atoms with Gasteiger partial charge in [-0.05, 0) is 57.3 Å². The standard InChI is InChI=1S/C20H35N5/c1-5-21-20(22-12-10-18-9-8-17(4)23-14-18)25-13-11-19(16-25)15-24(6-2)7-3/h8-9,14,19H,5-7,10-13,15-16H2,1-4H3,(H,21,22). The average molecular weight is 346 g/mol. The molecule has 0 saturated carbocycles. The van der Waals surface area contributed by atoms with Gasteiger partial charge in [0.15, 0.2) is 5.96 Å². The SMILES string of the molecule is CCNC(=NCCc1ccc(C)nc1)N1CCC(CN(CC)CC)C1. The van der Waals surface area contributed by atoms with Crippen LogP contribution in [0.2, 0.25) is 0 Å². The van der Waals surface area contributed by atoms with E-state index in [-0.39, 0.29) is 0 Å². The Morgan fingerprint density at radius 2 is 2.12 bits per heavy atom. The minimum atomic E-state index is 0.755. The Hall–Kier alpha value is -1.62. The lowest BCUT2D eigenvalue weighted by molar-refractivity contribution is 0.255. The van der Waals surface area contributed by atoms with E-state index in [0.29, 0.717) is 0 Å². The number of aliphatic imine (C=N–C) groups is 1. The lowest BCUT2D eigenvalue weighted by Crippen LogP contribution is -2.41. The third kappa shape index (κ3) is 6.31. The molecule has 1 aliphatic heterocycles. The van der Waals surface area contributed by atoms with E-state index in [2.05, 4.69) is 53.0 Å². The van der Waals surface area contributed by atoms with Crippen LogP contribution in [-0.2, 0) is 6.42 Å². The highest BCUT2D eigenvalue weighted by atomic mass is 15.3. The number of aromatic nitrogens is 1. The molecule has 0 amide bonds. The fourth-order valence-electron chi connectivity index (χ4n) is 3.38. The van der Waals surface area contributed by atoms with Gasteiger partial charge in [-0.3, -0.25) is 9.98 Å². The first-order valence-electron chi connectivity index (χ1n) is 9.83. The lowest BCUT2D eigenvalue weighted by Gasteiger charge is -2.24. The highest BCUT2D eigenvalue weighted by molar-refractivity contribution is 5.80. The van der Waals surface area contributed by atoms with Gasteiger partial charge in [0, 0.05) is 44.6 Å². The average Bonchev–Trinajstić information content (AvgIpc) is 3.09. The second-order valence-corrected chi connectivity index (χ2v) is 6.88. The molecular weight excluding hydrogens is 310 g/mol. The van der Waals surface area contributed by atoms with Crippen molar-refractivity contribution in [2.24, 2.45) is 10.9 Å². The Morgan fingerprint density at radius 3 is 2.76 bits per heavy atom. The van der Waals surface area contributed by atoms with Gasteiger partial charge in [0.05, 0.1) is 0 Å². The van der Waals surface area contributed by atoms with Gasteiger partial charge in [0.1, 0.15) is 0 Å². The molecule has 5 heteroatoms. The summed E-state index contributed by atoms with van der Waals surface area (Å²) >= 11 is 0. The zero-order chi connectivity index (χ0) is 18.1. The maximum absolute atomic E-state index is 4.86. The number of nitrogens with one attached hydrogen (secondary N) is 1. The summed E-state index contributed by atoms with van der Waals surface area (Å²) in [5, 5.41) is 3.47. The van der Waals surface area contributed by atoms with Crippen molar-refractivity contribution in [2.75, 3.05) is 45.8 Å². The molecule has 0 aromatic carbocycles. The van der Waals surface area contributed by atoms with Crippen molar-refractivity contribution in [1.82, 2.24) is 20.1 Å². The van der Waals surface area contributed by atoms with Crippen LogP contribution in [0.15, 0.2) is 23.3 Å². The molecule has 2 heterocycles. The van der Waals surface area contributed by atoms with Crippen LogP contribution < -0.4 is 5.32 Å². The largest absolute Gasteiger partial charge is 0.357 e. The fraction of sp³-hybridized carbons (Fsp3) is 0.700. The Bertz CT molecular complexity index is 521. The van der Waals surface area contributed by atoms with Gasteiger partial charge >= 0.3 is 0 Å². The summed E-state index contributed by atoms with van der Waals surface area (Å²) in [4.78, 5) is 14.2. The van der Waals surface area contributed by atoms with Gasteiger partial charge in [0.2, 0.25) is 0 Å². The van der Waals surface area contributed by atoms with E-state index in [1.54, 1.807) is 0 Å². The molecule has 1 aromatic rings. The van der Waals surface area contributed by atoms with Crippen LogP contribution >= 0.6 is 0 Å². The Morgan fingerprint density at radius 1 is 1.32 bits per heavy atom. The number of pyridine rings is 1. The molecule has 1 aliphatic rings. The van der Waals surface area contributed by atoms with Crippen molar-refractivity contribution in [2.45, 2.75) is 40.5 Å². The second kappa shape index (κ2) is 10.4. The van der Waals surface area contributed by atoms with Crippen LogP contribution in [0.4, 0.5) is 0 Å². The summed E-state index contributed by atoms with van der Waals surface area (Å²) in [6.45, 7) is 16.1. The lowest BCUT2D eigenvalue weighted by atomic mass is 10.1. The van der Waals surface area contributed by atoms with E-state index in [0.717, 1.165) is 63.3 Å². The number of nitrogens with zero attached hydrogens (tertiary/aromatic N) is 4. The molecule has 1 aromatic heterocycles. The van der Waals surface area contributed by atoms with Crippen LogP contribution in [0.5, 0.6) is 0 Å². The number of hydrogen-bond acceptors (Lipinski definition) is 3. The molecule has 1 unspecified atom stereocenters. The molecule has 0 aliphatic carbocycles. The van der Waals surface area contributed by atoms with Gasteiger partial charge in [-0.1, -0.05) is 19.9 Å². The molecule has 1 saturated heterocycles. The quantitative estimate of drug-likeness (QED) is 0.581. The smallest absolute Gasteiger partial charge is 0.193 e. The molecule has 25 heavy (non-hydrogen) atoms. The van der Waals surface area contributed by atoms with E-state index < -0.39 is 0 Å². The maximum Gasteiger partial charge on any atom is 0.193 e. The zero-order valence-corrected chi connectivity index (χ0v) is 16.5. The minimum absolute atomic E-state index is 0.755. The van der Waals surface area contributed by atoms with Crippen LogP contribution in [0, 0.1) is 12.8 Å². The number of hydrogen-bond donors (Lipinski definition) is 1. The Labute approximate surface area is 153 Å². The first-order chi connectivity index (χ1) is 12.2. The van der Waals surface area contributed by atoms with E-state index in [1.807, 2.05) is 13.1 Å². The molecule has 0 radical (unpaired) electrons. The molecular formula is C20H35N5. The van der Waals surface area contributed by atoms with Crippen molar-refractivity contribution < 1.29 is 0 Å². The van der Waals surface area contributed by atoms with Crippen molar-refractivity contribution in [1.29, 1.82) is 0 Å². The van der Waals surface area contributed by atoms with Crippen LogP contribution in [0.25, 0.3) is 0 Å². The summed E-state index contributed by atoms with van der Waals surface area (Å²) in [6, 6.07) is 4.23. The molecule has 0 spiro atoms. The third-order valence-electron chi connectivity index (χ3n) is 4.97. The highest BCUT2D eigenvalue weighted by Crippen LogP contribution is 2.17. The van der Waals surface area contributed by atoms with Gasteiger partial charge < -0.3 is 15.1 Å². The van der Waals surface area contributed by atoms with Crippen molar-refractivity contribution in [3.63, 3.8) is 0 Å². The molecule has 0 bridgehead atoms. The number of likely N-dealkylation sites (tertiary alicyclic amines) is 1. The predicted octanol–water partition coefficient (Wildman–Crippen LogP) is 2.56. The van der Waals surface area contributed by atoms with Gasteiger partial charge in [0.25, 0.3) is 0 Å². The van der Waals surface area contributed by atoms with E-state index in [4.69, 9.17) is 4.99 Å². The van der Waals surface area contributed by atoms with E-state index in [1.165, 1.54) is 18.5 Å². The maximum atomic E-state index is 4.86. The summed E-state index contributed by atoms with van der Waals surface area (Å²) in [6.07, 6.45) is 4.18. The molecule has 1 fully saturated rings. The number of guanidine groups is 1. The molecule has 1 atom stereocenters. The fourth-order valence-corrected chi connectivity index (χ4v) is 3.38. The van der Waals surface area contributed by atoms with Crippen LogP contribution in [0.3, 0.4) is 0 Å². The number of aryl methyl sites for hydroxylation is 1. The zero-order valence-electron chi connectivity index (χ0n) is 16.5. The highest BCUT2D eigenvalue weighted by Gasteiger charge is 2.25. The van der Waals surface area contributed by atoms with Crippen LogP contribution in [0.1, 0.15) is 38.4 Å². The van der Waals surface area contributed by atoms with Gasteiger partial charge in [-0.25, -0.2) is 0 Å². The summed E-state index contributed by atoms with van der Waals surface area (Å²) in [5.41, 5.74) is 2.32. The molecule has 5 nitrogen and oxygen atoms in total. The minimum Gasteiger partial charge on any atom is -0.357 e. The van der Waals surface area contributed by atoms with E-state index in [9.17, 15) is 0 Å². The second-order valence-electron chi connectivity index (χ2n) is 6.88. The predicted molar refractivity (Wildman–Crippen MR) is 106 cm³/mol. The van der Waals surface area contributed by atoms with Crippen molar-refractivity contribution in [3.05, 3.63) is 29.6 Å². The van der Waals surface area contributed by atoms with Crippen LogP contribution in [-0.4, -0.2) is 66.6 Å². The van der Waals surface area contributed by atoms with Crippen molar-refractivity contribution in [3.8, 4) is 0 Å². The molecule has 140 valence electrons. The normalized spacial score (nSPS) is 18.2. The molecule has 1 N–H and O–H groups in total. The monoisotopic (exact) mass is 345 g/mol. The summed E-state index contributed by atoms with van der Waals surface area (Å²) in [7, 11) is 0. The first-order valence-corrected chi connectivity index (χ1v) is 9.83. The Balaban J connectivity index is 1.87. The summed E-state index contributed by atoms with van der Waals surface area (Å²) < 4.78 is 0. The first kappa shape index (κ1) is 19.7. The van der Waals surface area contributed by atoms with Gasteiger partial charge in [-0.15, -0.1) is 0 Å². The summed E-state index contributed by atoms with van der Waals surface area (Å²) in [5.74, 6) is 1.83. The van der Waals surface area contributed by atoms with Gasteiger partial charge in [-0.2, -0.15) is 0 Å². The third-order valence-corrected chi connectivity index (χ3v) is 4.97. The topological polar surface area (TPSA) is 43.8 Å². The molecule has 2 rings (SSSR count).